The molecule has 0 fully saturated rings. The van der Waals surface area contributed by atoms with Gasteiger partial charge in [-0.25, -0.2) is 4.39 Å². The Morgan fingerprint density at radius 1 is 1.60 bits per heavy atom. The lowest BCUT2D eigenvalue weighted by Crippen LogP contribution is -2.29. The maximum atomic E-state index is 13.3. The van der Waals surface area contributed by atoms with Crippen LogP contribution in [0.5, 0.6) is 0 Å². The Balaban J connectivity index is 2.91. The van der Waals surface area contributed by atoms with E-state index in [-0.39, 0.29) is 0 Å². The molecule has 0 spiro atoms. The molecule has 0 bridgehead atoms. The molecule has 1 rings (SSSR count). The van der Waals surface area contributed by atoms with E-state index >= 15 is 0 Å². The minimum atomic E-state index is -1.64. The Morgan fingerprint density at radius 2 is 2.30 bits per heavy atom. The summed E-state index contributed by atoms with van der Waals surface area (Å²) in [6.07, 6.45) is 11.4. The molecule has 0 aliphatic heterocycles. The summed E-state index contributed by atoms with van der Waals surface area (Å²) in [7, 11) is 0. The topological polar surface area (TPSA) is 0 Å². The maximum absolute atomic E-state index is 13.3. The van der Waals surface area contributed by atoms with Crippen molar-refractivity contribution in [1.82, 2.24) is 0 Å². The van der Waals surface area contributed by atoms with Gasteiger partial charge in [0.05, 0.1) is 4.83 Å². The number of terminal acetylenes is 1. The maximum Gasteiger partial charge on any atom is 0.205 e. The second-order valence-corrected chi connectivity index (χ2v) is 3.04. The van der Waals surface area contributed by atoms with Gasteiger partial charge < -0.3 is 0 Å². The molecule has 2 unspecified atom stereocenters. The van der Waals surface area contributed by atoms with Gasteiger partial charge in [0.15, 0.2) is 0 Å². The van der Waals surface area contributed by atoms with E-state index in [1.54, 1.807) is 18.2 Å². The van der Waals surface area contributed by atoms with Gasteiger partial charge in [-0.3, -0.25) is 0 Å². The molecule has 52 valence electrons. The van der Waals surface area contributed by atoms with E-state index in [2.05, 4.69) is 21.9 Å². The molecule has 0 nitrogen and oxygen atoms in total. The lowest BCUT2D eigenvalue weighted by Gasteiger charge is -2.20. The van der Waals surface area contributed by atoms with Crippen LogP contribution >= 0.6 is 15.9 Å². The van der Waals surface area contributed by atoms with Gasteiger partial charge in [-0.1, -0.05) is 40.1 Å². The molecule has 0 saturated heterocycles. The third-order valence-corrected chi connectivity index (χ3v) is 2.32. The molecule has 0 heterocycles. The van der Waals surface area contributed by atoms with Crippen molar-refractivity contribution in [3.8, 4) is 12.3 Å². The monoisotopic (exact) mass is 200 g/mol. The van der Waals surface area contributed by atoms with Crippen molar-refractivity contribution in [2.75, 3.05) is 0 Å². The van der Waals surface area contributed by atoms with Crippen LogP contribution in [0.2, 0.25) is 0 Å². The van der Waals surface area contributed by atoms with Crippen LogP contribution in [0.15, 0.2) is 24.3 Å². The molecule has 2 heteroatoms. The molecule has 0 aromatic rings. The first kappa shape index (κ1) is 7.56. The highest BCUT2D eigenvalue weighted by Crippen LogP contribution is 2.27. The average molecular weight is 201 g/mol. The molecule has 0 N–H and O–H groups in total. The average Bonchev–Trinajstić information content (AvgIpc) is 1.96. The zero-order valence-corrected chi connectivity index (χ0v) is 6.81. The van der Waals surface area contributed by atoms with Gasteiger partial charge in [-0.15, -0.1) is 6.42 Å². The van der Waals surface area contributed by atoms with E-state index in [0.29, 0.717) is 0 Å². The minimum Gasteiger partial charge on any atom is -0.223 e. The summed E-state index contributed by atoms with van der Waals surface area (Å²) < 4.78 is 13.3. The fourth-order valence-electron chi connectivity index (χ4n) is 0.717. The molecule has 2 atom stereocenters. The second kappa shape index (κ2) is 2.59. The molecular weight excluding hydrogens is 195 g/mol. The normalized spacial score (nSPS) is 37.5. The van der Waals surface area contributed by atoms with E-state index < -0.39 is 10.5 Å². The molecule has 1 aliphatic carbocycles. The summed E-state index contributed by atoms with van der Waals surface area (Å²) in [5.74, 6) is 2.08. The molecule has 0 radical (unpaired) electrons. The molecule has 0 amide bonds. The van der Waals surface area contributed by atoms with Gasteiger partial charge in [0, 0.05) is 0 Å². The highest BCUT2D eigenvalue weighted by Gasteiger charge is 2.32. The first-order valence-electron chi connectivity index (χ1n) is 2.86. The van der Waals surface area contributed by atoms with Crippen LogP contribution in [0.3, 0.4) is 0 Å². The molecule has 0 aromatic carbocycles. The van der Waals surface area contributed by atoms with Gasteiger partial charge in [-0.2, -0.15) is 0 Å². The van der Waals surface area contributed by atoms with Crippen LogP contribution < -0.4 is 0 Å². The highest BCUT2D eigenvalue weighted by molar-refractivity contribution is 9.09. The zero-order valence-electron chi connectivity index (χ0n) is 5.22. The van der Waals surface area contributed by atoms with Crippen LogP contribution in [-0.2, 0) is 0 Å². The number of rotatable bonds is 0. The third kappa shape index (κ3) is 1.15. The predicted molar refractivity (Wildman–Crippen MR) is 43.7 cm³/mol. The van der Waals surface area contributed by atoms with Gasteiger partial charge in [0.2, 0.25) is 5.67 Å². The largest absolute Gasteiger partial charge is 0.223 e. The summed E-state index contributed by atoms with van der Waals surface area (Å²) in [5.41, 5.74) is -1.64. The van der Waals surface area contributed by atoms with Crippen molar-refractivity contribution in [1.29, 1.82) is 0 Å². The van der Waals surface area contributed by atoms with Crippen LogP contribution in [0, 0.1) is 12.3 Å². The summed E-state index contributed by atoms with van der Waals surface area (Å²) in [6.45, 7) is 0. The van der Waals surface area contributed by atoms with E-state index in [4.69, 9.17) is 6.42 Å². The summed E-state index contributed by atoms with van der Waals surface area (Å²) in [5, 5.41) is 0. The van der Waals surface area contributed by atoms with Gasteiger partial charge in [0.1, 0.15) is 0 Å². The first-order valence-corrected chi connectivity index (χ1v) is 3.77. The third-order valence-electron chi connectivity index (χ3n) is 1.35. The predicted octanol–water partition coefficient (Wildman–Crippen LogP) is 2.22. The zero-order chi connectivity index (χ0) is 7.61. The van der Waals surface area contributed by atoms with E-state index in [0.717, 1.165) is 0 Å². The minimum absolute atomic E-state index is 0.394. The van der Waals surface area contributed by atoms with Crippen molar-refractivity contribution in [3.05, 3.63) is 24.3 Å². The SMILES string of the molecule is C#CC1(F)C=CC=CC1Br. The van der Waals surface area contributed by atoms with Crippen molar-refractivity contribution in [3.63, 3.8) is 0 Å². The Morgan fingerprint density at radius 3 is 2.70 bits per heavy atom. The smallest absolute Gasteiger partial charge is 0.205 e. The van der Waals surface area contributed by atoms with Crippen molar-refractivity contribution < 1.29 is 4.39 Å². The first-order chi connectivity index (χ1) is 4.69. The molecule has 1 aliphatic rings. The van der Waals surface area contributed by atoms with Gasteiger partial charge in [0.25, 0.3) is 0 Å². The number of hydrogen-bond acceptors (Lipinski definition) is 0. The van der Waals surface area contributed by atoms with Crippen LogP contribution in [-0.4, -0.2) is 10.5 Å². The quantitative estimate of drug-likeness (QED) is 0.416. The van der Waals surface area contributed by atoms with E-state index in [1.807, 2.05) is 0 Å². The number of halogens is 2. The summed E-state index contributed by atoms with van der Waals surface area (Å²) in [6, 6.07) is 0. The lowest BCUT2D eigenvalue weighted by atomic mass is 9.99. The number of allylic oxidation sites excluding steroid dienone is 4. The Kier molecular flexibility index (Phi) is 1.96. The Hall–Kier alpha value is -0.550. The fourth-order valence-corrected chi connectivity index (χ4v) is 1.18. The molecule has 0 saturated carbocycles. The Labute approximate surface area is 67.9 Å². The van der Waals surface area contributed by atoms with Crippen LogP contribution in [0.25, 0.3) is 0 Å². The van der Waals surface area contributed by atoms with Crippen molar-refractivity contribution in [2.24, 2.45) is 0 Å². The lowest BCUT2D eigenvalue weighted by molar-refractivity contribution is 0.323. The van der Waals surface area contributed by atoms with Crippen LogP contribution in [0.1, 0.15) is 0 Å². The number of hydrogen-bond donors (Lipinski definition) is 0. The Bertz CT molecular complexity index is 224. The fraction of sp³-hybridized carbons (Fsp3) is 0.250. The summed E-state index contributed by atoms with van der Waals surface area (Å²) >= 11 is 3.12. The summed E-state index contributed by atoms with van der Waals surface area (Å²) in [4.78, 5) is -0.394. The van der Waals surface area contributed by atoms with Gasteiger partial charge >= 0.3 is 0 Å². The molecular formula is C8H6BrF. The highest BCUT2D eigenvalue weighted by atomic mass is 79.9. The molecule has 10 heavy (non-hydrogen) atoms. The van der Waals surface area contributed by atoms with Crippen molar-refractivity contribution in [2.45, 2.75) is 10.5 Å². The van der Waals surface area contributed by atoms with E-state index in [1.165, 1.54) is 6.08 Å². The second-order valence-electron chi connectivity index (χ2n) is 2.06. The molecule has 0 aromatic heterocycles. The standard InChI is InChI=1S/C8H6BrF/c1-2-8(10)6-4-3-5-7(8)9/h1,3-7H. The van der Waals surface area contributed by atoms with E-state index in [9.17, 15) is 4.39 Å². The van der Waals surface area contributed by atoms with Crippen molar-refractivity contribution >= 4 is 15.9 Å². The number of alkyl halides is 2. The van der Waals surface area contributed by atoms with Gasteiger partial charge in [-0.05, 0) is 6.08 Å². The van der Waals surface area contributed by atoms with Crippen LogP contribution in [0.4, 0.5) is 4.39 Å².